The van der Waals surface area contributed by atoms with Gasteiger partial charge < -0.3 is 20.1 Å². The van der Waals surface area contributed by atoms with Gasteiger partial charge in [-0.25, -0.2) is 0 Å². The van der Waals surface area contributed by atoms with Gasteiger partial charge in [-0.3, -0.25) is 4.79 Å². The highest BCUT2D eigenvalue weighted by molar-refractivity contribution is 5.70. The van der Waals surface area contributed by atoms with Crippen molar-refractivity contribution in [2.24, 2.45) is 0 Å². The van der Waals surface area contributed by atoms with Gasteiger partial charge in [-0.1, -0.05) is 24.3 Å². The Morgan fingerprint density at radius 2 is 2.00 bits per heavy atom. The maximum atomic E-state index is 11.3. The second kappa shape index (κ2) is 7.89. The lowest BCUT2D eigenvalue weighted by atomic mass is 9.95. The minimum Gasteiger partial charge on any atom is -0.466 e. The van der Waals surface area contributed by atoms with Crippen LogP contribution in [0.5, 0.6) is 0 Å². The summed E-state index contributed by atoms with van der Waals surface area (Å²) in [6.07, 6.45) is -2.27. The average Bonchev–Trinajstić information content (AvgIpc) is 2.39. The molecule has 0 heterocycles. The van der Waals surface area contributed by atoms with Crippen LogP contribution in [0.15, 0.2) is 24.3 Å². The maximum absolute atomic E-state index is 11.3. The summed E-state index contributed by atoms with van der Waals surface area (Å²) >= 11 is 0. The molecule has 19 heavy (non-hydrogen) atoms. The summed E-state index contributed by atoms with van der Waals surface area (Å²) < 4.78 is 4.73. The van der Waals surface area contributed by atoms with Crippen LogP contribution in [0.2, 0.25) is 0 Å². The van der Waals surface area contributed by atoms with Gasteiger partial charge in [0.25, 0.3) is 0 Å². The van der Waals surface area contributed by atoms with Crippen LogP contribution in [-0.2, 0) is 16.0 Å². The molecule has 5 heteroatoms. The number of hydrogen-bond donors (Lipinski definition) is 3. The molecule has 0 amide bonds. The Morgan fingerprint density at radius 1 is 1.32 bits per heavy atom. The minimum absolute atomic E-state index is 0.0439. The van der Waals surface area contributed by atoms with Crippen molar-refractivity contribution in [3.63, 3.8) is 0 Å². The first-order chi connectivity index (χ1) is 9.10. The summed E-state index contributed by atoms with van der Waals surface area (Å²) in [6.45, 7) is 1.87. The second-order valence-corrected chi connectivity index (χ2v) is 4.19. The van der Waals surface area contributed by atoms with Crippen molar-refractivity contribution >= 4 is 5.97 Å². The van der Waals surface area contributed by atoms with E-state index >= 15 is 0 Å². The summed E-state index contributed by atoms with van der Waals surface area (Å²) in [7, 11) is 0. The average molecular weight is 268 g/mol. The third-order valence-electron chi connectivity index (χ3n) is 2.80. The third-order valence-corrected chi connectivity index (χ3v) is 2.80. The van der Waals surface area contributed by atoms with Crippen LogP contribution in [0.4, 0.5) is 0 Å². The predicted molar refractivity (Wildman–Crippen MR) is 69.4 cm³/mol. The molecule has 3 N–H and O–H groups in total. The highest BCUT2D eigenvalue weighted by Gasteiger charge is 2.23. The Kier molecular flexibility index (Phi) is 6.49. The molecule has 106 valence electrons. The van der Waals surface area contributed by atoms with Crippen molar-refractivity contribution in [3.05, 3.63) is 35.4 Å². The molecule has 0 spiro atoms. The molecule has 0 radical (unpaired) electrons. The van der Waals surface area contributed by atoms with Gasteiger partial charge in [0, 0.05) is 6.61 Å². The van der Waals surface area contributed by atoms with E-state index in [4.69, 9.17) is 9.84 Å². The van der Waals surface area contributed by atoms with Crippen molar-refractivity contribution in [2.45, 2.75) is 32.0 Å². The molecule has 1 aromatic carbocycles. The molecule has 1 rings (SSSR count). The zero-order chi connectivity index (χ0) is 14.3. The number of benzene rings is 1. The van der Waals surface area contributed by atoms with Crippen LogP contribution in [0.3, 0.4) is 0 Å². The molecule has 0 aromatic heterocycles. The Balaban J connectivity index is 2.75. The molecule has 0 saturated heterocycles. The number of esters is 1. The Bertz CT molecular complexity index is 405. The predicted octanol–water partition coefficient (Wildman–Crippen LogP) is 0.569. The largest absolute Gasteiger partial charge is 0.466 e. The first kappa shape index (κ1) is 15.6. The smallest absolute Gasteiger partial charge is 0.308 e. The van der Waals surface area contributed by atoms with Gasteiger partial charge in [0.05, 0.1) is 19.1 Å². The van der Waals surface area contributed by atoms with Gasteiger partial charge in [-0.15, -0.1) is 0 Å². The fourth-order valence-corrected chi connectivity index (χ4v) is 1.88. The molecule has 2 unspecified atom stereocenters. The van der Waals surface area contributed by atoms with Crippen LogP contribution < -0.4 is 0 Å². The Morgan fingerprint density at radius 3 is 2.63 bits per heavy atom. The SMILES string of the molecule is CCOC(=O)CC(O)C(O)c1ccccc1CCO. The lowest BCUT2D eigenvalue weighted by molar-refractivity contribution is -0.147. The number of carbonyl (C=O) groups excluding carboxylic acids is 1. The molecular weight excluding hydrogens is 248 g/mol. The first-order valence-corrected chi connectivity index (χ1v) is 6.30. The van der Waals surface area contributed by atoms with E-state index in [1.165, 1.54) is 0 Å². The second-order valence-electron chi connectivity index (χ2n) is 4.19. The lowest BCUT2D eigenvalue weighted by Gasteiger charge is -2.20. The summed E-state index contributed by atoms with van der Waals surface area (Å²) in [6, 6.07) is 6.96. The van der Waals surface area contributed by atoms with Crippen molar-refractivity contribution in [3.8, 4) is 0 Å². The summed E-state index contributed by atoms with van der Waals surface area (Å²) in [5.74, 6) is -0.548. The zero-order valence-electron chi connectivity index (χ0n) is 11.0. The molecule has 0 bridgehead atoms. The van der Waals surface area contributed by atoms with E-state index in [9.17, 15) is 15.0 Å². The molecular formula is C14H20O5. The van der Waals surface area contributed by atoms with E-state index in [-0.39, 0.29) is 19.6 Å². The summed E-state index contributed by atoms with van der Waals surface area (Å²) in [5, 5.41) is 28.9. The van der Waals surface area contributed by atoms with Crippen LogP contribution in [-0.4, -0.2) is 40.6 Å². The van der Waals surface area contributed by atoms with Crippen molar-refractivity contribution in [1.82, 2.24) is 0 Å². The third kappa shape index (κ3) is 4.63. The number of rotatable bonds is 7. The molecule has 0 saturated carbocycles. The van der Waals surface area contributed by atoms with E-state index in [1.54, 1.807) is 31.2 Å². The van der Waals surface area contributed by atoms with Crippen molar-refractivity contribution in [2.75, 3.05) is 13.2 Å². The first-order valence-electron chi connectivity index (χ1n) is 6.30. The fraction of sp³-hybridized carbons (Fsp3) is 0.500. The normalized spacial score (nSPS) is 13.9. The summed E-state index contributed by atoms with van der Waals surface area (Å²) in [4.78, 5) is 11.3. The number of ether oxygens (including phenoxy) is 1. The molecule has 2 atom stereocenters. The van der Waals surface area contributed by atoms with Gasteiger partial charge in [-0.05, 0) is 24.5 Å². The lowest BCUT2D eigenvalue weighted by Crippen LogP contribution is -2.24. The number of carbonyl (C=O) groups is 1. The number of aliphatic hydroxyl groups excluding tert-OH is 3. The zero-order valence-corrected chi connectivity index (χ0v) is 11.0. The van der Waals surface area contributed by atoms with Gasteiger partial charge in [0.1, 0.15) is 6.10 Å². The standard InChI is InChI=1S/C14H20O5/c1-2-19-13(17)9-12(16)14(18)11-6-4-3-5-10(11)7-8-15/h3-6,12,14-16,18H,2,7-9H2,1H3. The van der Waals surface area contributed by atoms with E-state index in [0.29, 0.717) is 12.0 Å². The molecule has 0 aliphatic carbocycles. The van der Waals surface area contributed by atoms with Crippen LogP contribution in [0.1, 0.15) is 30.6 Å². The van der Waals surface area contributed by atoms with E-state index in [1.807, 2.05) is 0 Å². The highest BCUT2D eigenvalue weighted by atomic mass is 16.5. The summed E-state index contributed by atoms with van der Waals surface area (Å²) in [5.41, 5.74) is 1.27. The van der Waals surface area contributed by atoms with Crippen LogP contribution in [0, 0.1) is 0 Å². The van der Waals surface area contributed by atoms with E-state index in [0.717, 1.165) is 5.56 Å². The van der Waals surface area contributed by atoms with E-state index in [2.05, 4.69) is 0 Å². The highest BCUT2D eigenvalue weighted by Crippen LogP contribution is 2.23. The quantitative estimate of drug-likeness (QED) is 0.629. The Labute approximate surface area is 112 Å². The molecule has 0 aliphatic rings. The maximum Gasteiger partial charge on any atom is 0.308 e. The van der Waals surface area contributed by atoms with Gasteiger partial charge in [-0.2, -0.15) is 0 Å². The molecule has 0 fully saturated rings. The fourth-order valence-electron chi connectivity index (χ4n) is 1.88. The monoisotopic (exact) mass is 268 g/mol. The number of hydrogen-bond acceptors (Lipinski definition) is 5. The minimum atomic E-state index is -1.22. The Hall–Kier alpha value is -1.43. The van der Waals surface area contributed by atoms with Crippen molar-refractivity contribution in [1.29, 1.82) is 0 Å². The van der Waals surface area contributed by atoms with E-state index < -0.39 is 18.2 Å². The molecule has 0 aliphatic heterocycles. The molecule has 5 nitrogen and oxygen atoms in total. The van der Waals surface area contributed by atoms with Crippen molar-refractivity contribution < 1.29 is 24.9 Å². The van der Waals surface area contributed by atoms with Crippen LogP contribution in [0.25, 0.3) is 0 Å². The van der Waals surface area contributed by atoms with Gasteiger partial charge in [0.2, 0.25) is 0 Å². The topological polar surface area (TPSA) is 87.0 Å². The number of aliphatic hydroxyl groups is 3. The van der Waals surface area contributed by atoms with Crippen LogP contribution >= 0.6 is 0 Å². The van der Waals surface area contributed by atoms with Gasteiger partial charge >= 0.3 is 5.97 Å². The van der Waals surface area contributed by atoms with Gasteiger partial charge in [0.15, 0.2) is 0 Å². The molecule has 1 aromatic rings.